The van der Waals surface area contributed by atoms with Gasteiger partial charge < -0.3 is 9.47 Å². The van der Waals surface area contributed by atoms with Crippen molar-refractivity contribution in [3.05, 3.63) is 347 Å². The molecule has 2 unspecified atom stereocenters. The maximum Gasteiger partial charge on any atom is 0.0720 e. The van der Waals surface area contributed by atoms with E-state index in [1.165, 1.54) is 99.5 Å². The van der Waals surface area contributed by atoms with Crippen LogP contribution in [0.4, 0.5) is 17.1 Å². The van der Waals surface area contributed by atoms with Crippen molar-refractivity contribution in [3.8, 4) is 39.1 Å². The molecule has 11 aromatic carbocycles. The molecule has 0 amide bonds. The quantitative estimate of drug-likeness (QED) is 0.131. The Morgan fingerprint density at radius 1 is 0.400 bits per heavy atom. The summed E-state index contributed by atoms with van der Waals surface area (Å²) in [6.07, 6.45) is 15.3. The number of rotatable bonds is 9. The highest BCUT2D eigenvalue weighted by atomic mass is 15.1. The van der Waals surface area contributed by atoms with E-state index in [0.717, 1.165) is 46.6 Å². The van der Waals surface area contributed by atoms with Crippen LogP contribution in [-0.4, -0.2) is 4.57 Å². The summed E-state index contributed by atoms with van der Waals surface area (Å²) < 4.78 is 2.46. The Labute approximate surface area is 466 Å². The van der Waals surface area contributed by atoms with Gasteiger partial charge in [0.2, 0.25) is 0 Å². The van der Waals surface area contributed by atoms with Gasteiger partial charge >= 0.3 is 0 Å². The molecule has 2 atom stereocenters. The second kappa shape index (κ2) is 18.2. The van der Waals surface area contributed by atoms with Gasteiger partial charge in [-0.1, -0.05) is 235 Å². The third-order valence-electron chi connectivity index (χ3n) is 17.7. The fourth-order valence-corrected chi connectivity index (χ4v) is 14.4. The molecular formula is C78H52N2. The minimum Gasteiger partial charge on any atom is -0.310 e. The van der Waals surface area contributed by atoms with Gasteiger partial charge in [-0.05, 0) is 163 Å². The lowest BCUT2D eigenvalue weighted by Crippen LogP contribution is -2.30. The van der Waals surface area contributed by atoms with Crippen molar-refractivity contribution in [1.82, 2.24) is 4.57 Å². The van der Waals surface area contributed by atoms with Crippen LogP contribution in [-0.2, 0) is 10.8 Å². The Balaban J connectivity index is 0.915. The van der Waals surface area contributed by atoms with Gasteiger partial charge in [-0.3, -0.25) is 0 Å². The molecule has 4 aliphatic rings. The molecule has 0 radical (unpaired) electrons. The van der Waals surface area contributed by atoms with Crippen molar-refractivity contribution in [2.24, 2.45) is 0 Å². The smallest absolute Gasteiger partial charge is 0.0720 e. The normalized spacial score (nSPS) is 17.3. The monoisotopic (exact) mass is 1020 g/mol. The Morgan fingerprint density at radius 3 is 1.68 bits per heavy atom. The summed E-state index contributed by atoms with van der Waals surface area (Å²) in [7, 11) is 0. The number of hydrogen-bond donors (Lipinski definition) is 0. The van der Waals surface area contributed by atoms with Gasteiger partial charge in [0.25, 0.3) is 0 Å². The van der Waals surface area contributed by atoms with Crippen LogP contribution in [0.25, 0.3) is 71.6 Å². The summed E-state index contributed by atoms with van der Waals surface area (Å²) in [5.74, 6) is 0. The number of para-hydroxylation sites is 1. The molecule has 12 aromatic rings. The minimum atomic E-state index is -0.611. The van der Waals surface area contributed by atoms with Gasteiger partial charge in [0, 0.05) is 33.2 Å². The molecule has 0 saturated carbocycles. The lowest BCUT2D eigenvalue weighted by atomic mass is 9.65. The number of aromatic nitrogens is 1. The van der Waals surface area contributed by atoms with E-state index < -0.39 is 10.8 Å². The SMILES string of the molecule is C1=C=CC(C2(c3ccccc3)c3ccccc3-c3ccc(N(c4ccc(-c5ccc6c7ccccc7n(-c7cccc8ccccc78)c6c5)cc4)c4ccc5c(c4)C(C4=CC=CCC4)(c4ccccc4)c4ccccc4-5)cc32)=CC=1. The third kappa shape index (κ3) is 6.68. The maximum absolute atomic E-state index is 3.37. The third-order valence-corrected chi connectivity index (χ3v) is 17.7. The predicted molar refractivity (Wildman–Crippen MR) is 333 cm³/mol. The van der Waals surface area contributed by atoms with Gasteiger partial charge in [-0.2, -0.15) is 0 Å². The fraction of sp³-hybridized carbons (Fsp3) is 0.0513. The molecule has 2 nitrogen and oxygen atoms in total. The van der Waals surface area contributed by atoms with E-state index in [1.54, 1.807) is 0 Å². The van der Waals surface area contributed by atoms with E-state index in [2.05, 4.69) is 306 Å². The van der Waals surface area contributed by atoms with E-state index in [0.29, 0.717) is 0 Å². The van der Waals surface area contributed by atoms with Gasteiger partial charge in [0.15, 0.2) is 0 Å². The van der Waals surface area contributed by atoms with Crippen molar-refractivity contribution in [3.63, 3.8) is 0 Å². The average molecular weight is 1020 g/mol. The summed E-state index contributed by atoms with van der Waals surface area (Å²) in [5, 5.41) is 4.94. The molecule has 0 saturated heterocycles. The van der Waals surface area contributed by atoms with E-state index >= 15 is 0 Å². The Hall–Kier alpha value is -10.2. The van der Waals surface area contributed by atoms with Crippen LogP contribution in [0.3, 0.4) is 0 Å². The summed E-state index contributed by atoms with van der Waals surface area (Å²) in [6.45, 7) is 0. The summed E-state index contributed by atoms with van der Waals surface area (Å²) in [4.78, 5) is 2.50. The average Bonchev–Trinajstić information content (AvgIpc) is 4.21. The standard InChI is InChI=1S/C78H52N2/c1-5-24-56(25-6-1)77(57-26-7-2-8-27-57)70-36-18-15-33-64(70)66-48-45-61(51-72(66)77)79(62-46-49-67-65-34-16-19-37-71(65)78(73(67)52-62,58-28-9-3-10-29-58)59-30-11-4-12-31-59)60-43-40-53(41-44-60)55-42-47-69-68-35-17-20-38-75(68)80(76(69)50-55)74-39-21-23-54-22-13-14-32-63(54)74/h1-3,5-7,9-11,13-26,28-52H,8,27H2. The van der Waals surface area contributed by atoms with Crippen LogP contribution in [0.5, 0.6) is 0 Å². The molecule has 0 fully saturated rings. The predicted octanol–water partition coefficient (Wildman–Crippen LogP) is 19.8. The number of anilines is 3. The van der Waals surface area contributed by atoms with Crippen molar-refractivity contribution >= 4 is 49.6 Å². The molecule has 374 valence electrons. The molecule has 16 rings (SSSR count). The molecule has 1 heterocycles. The van der Waals surface area contributed by atoms with Crippen LogP contribution >= 0.6 is 0 Å². The highest BCUT2D eigenvalue weighted by molar-refractivity contribution is 6.11. The first-order valence-corrected chi connectivity index (χ1v) is 28.0. The highest BCUT2D eigenvalue weighted by Crippen LogP contribution is 2.61. The number of nitrogens with zero attached hydrogens (tertiary/aromatic N) is 2. The molecule has 1 aromatic heterocycles. The summed E-state index contributed by atoms with van der Waals surface area (Å²) in [6, 6.07) is 95.3. The zero-order chi connectivity index (χ0) is 52.8. The van der Waals surface area contributed by atoms with E-state index in [4.69, 9.17) is 0 Å². The first kappa shape index (κ1) is 45.9. The van der Waals surface area contributed by atoms with Crippen LogP contribution in [0, 0.1) is 0 Å². The van der Waals surface area contributed by atoms with Gasteiger partial charge in [-0.25, -0.2) is 0 Å². The Kier molecular flexibility index (Phi) is 10.5. The summed E-state index contributed by atoms with van der Waals surface area (Å²) >= 11 is 0. The van der Waals surface area contributed by atoms with Gasteiger partial charge in [0.1, 0.15) is 0 Å². The molecule has 0 spiro atoms. The molecule has 80 heavy (non-hydrogen) atoms. The highest BCUT2D eigenvalue weighted by Gasteiger charge is 2.49. The lowest BCUT2D eigenvalue weighted by Gasteiger charge is -2.37. The molecule has 2 heteroatoms. The van der Waals surface area contributed by atoms with E-state index in [1.807, 2.05) is 6.08 Å². The topological polar surface area (TPSA) is 8.17 Å². The van der Waals surface area contributed by atoms with Crippen molar-refractivity contribution in [1.29, 1.82) is 0 Å². The molecule has 0 bridgehead atoms. The fourth-order valence-electron chi connectivity index (χ4n) is 14.4. The maximum atomic E-state index is 3.37. The lowest BCUT2D eigenvalue weighted by molar-refractivity contribution is 0.693. The molecule has 0 aliphatic heterocycles. The van der Waals surface area contributed by atoms with Crippen molar-refractivity contribution in [2.45, 2.75) is 23.7 Å². The first-order chi connectivity index (χ1) is 39.7. The number of benzene rings is 11. The zero-order valence-electron chi connectivity index (χ0n) is 44.0. The minimum absolute atomic E-state index is 0.487. The van der Waals surface area contributed by atoms with Crippen molar-refractivity contribution in [2.75, 3.05) is 4.90 Å². The molecule has 4 aliphatic carbocycles. The van der Waals surface area contributed by atoms with E-state index in [-0.39, 0.29) is 0 Å². The first-order valence-electron chi connectivity index (χ1n) is 28.0. The van der Waals surface area contributed by atoms with Gasteiger partial charge in [0.05, 0.1) is 27.6 Å². The van der Waals surface area contributed by atoms with Crippen LogP contribution < -0.4 is 4.90 Å². The number of allylic oxidation sites excluding steroid dienone is 8. The van der Waals surface area contributed by atoms with Crippen LogP contribution in [0.2, 0.25) is 0 Å². The number of hydrogen-bond acceptors (Lipinski definition) is 1. The van der Waals surface area contributed by atoms with E-state index in [9.17, 15) is 0 Å². The van der Waals surface area contributed by atoms with Crippen LogP contribution in [0.15, 0.2) is 314 Å². The van der Waals surface area contributed by atoms with Gasteiger partial charge in [-0.15, -0.1) is 0 Å². The van der Waals surface area contributed by atoms with Crippen LogP contribution in [0.1, 0.15) is 46.2 Å². The molecular weight excluding hydrogens is 965 g/mol. The largest absolute Gasteiger partial charge is 0.310 e. The second-order valence-corrected chi connectivity index (χ2v) is 21.6. The second-order valence-electron chi connectivity index (χ2n) is 21.6. The Morgan fingerprint density at radius 2 is 0.975 bits per heavy atom. The zero-order valence-corrected chi connectivity index (χ0v) is 44.0. The number of fused-ring (bicyclic) bond motifs is 10. The van der Waals surface area contributed by atoms with Crippen molar-refractivity contribution < 1.29 is 0 Å². The molecule has 0 N–H and O–H groups in total. The Bertz CT molecular complexity index is 4720. The summed E-state index contributed by atoms with van der Waals surface area (Å²) in [5.41, 5.74) is 29.9.